The van der Waals surface area contributed by atoms with E-state index in [0.717, 1.165) is 15.6 Å². The molecular weight excluding hydrogens is 434 g/mol. The first-order valence-electron chi connectivity index (χ1n) is 9.70. The zero-order valence-electron chi connectivity index (χ0n) is 16.0. The molecule has 0 aromatic heterocycles. The number of rotatable bonds is 2. The van der Waals surface area contributed by atoms with Gasteiger partial charge in [0.2, 0.25) is 11.8 Å². The standard InChI is InChI=1S/C22H20BrN3O3/c1-14-2-4-15(5-3-14)18-12-22(26-19(27)10-11-24(18)26)13-20(28)25(21(22)29)17-8-6-16(23)7-9-17/h2-9,18H,10-13H2,1H3/t18-,22+/m0/s1. The Morgan fingerprint density at radius 2 is 1.66 bits per heavy atom. The van der Waals surface area contributed by atoms with Crippen LogP contribution in [0.1, 0.15) is 36.4 Å². The fourth-order valence-electron chi connectivity index (χ4n) is 4.83. The number of carbonyl (C=O) groups excluding carboxylic acids is 3. The first-order valence-corrected chi connectivity index (χ1v) is 10.5. The van der Waals surface area contributed by atoms with Gasteiger partial charge in [-0.2, -0.15) is 0 Å². The van der Waals surface area contributed by atoms with E-state index in [9.17, 15) is 14.4 Å². The van der Waals surface area contributed by atoms with Crippen molar-refractivity contribution in [1.29, 1.82) is 0 Å². The molecule has 5 rings (SSSR count). The molecule has 148 valence electrons. The molecular formula is C22H20BrN3O3. The normalized spacial score (nSPS) is 26.8. The van der Waals surface area contributed by atoms with Crippen molar-refractivity contribution in [3.8, 4) is 0 Å². The number of benzene rings is 2. The molecule has 0 radical (unpaired) electrons. The lowest BCUT2D eigenvalue weighted by atomic mass is 9.87. The van der Waals surface area contributed by atoms with Crippen LogP contribution in [-0.2, 0) is 14.4 Å². The molecule has 1 spiro atoms. The molecule has 0 bridgehead atoms. The minimum atomic E-state index is -1.13. The highest BCUT2D eigenvalue weighted by molar-refractivity contribution is 9.10. The summed E-state index contributed by atoms with van der Waals surface area (Å²) in [4.78, 5) is 40.6. The molecule has 29 heavy (non-hydrogen) atoms. The van der Waals surface area contributed by atoms with Crippen LogP contribution in [0.5, 0.6) is 0 Å². The van der Waals surface area contributed by atoms with Gasteiger partial charge >= 0.3 is 0 Å². The van der Waals surface area contributed by atoms with Crippen LogP contribution >= 0.6 is 15.9 Å². The number of fused-ring (bicyclic) bond motifs is 2. The Balaban J connectivity index is 1.56. The summed E-state index contributed by atoms with van der Waals surface area (Å²) in [5.74, 6) is -0.653. The number of hydrazine groups is 1. The van der Waals surface area contributed by atoms with Crippen LogP contribution in [0.15, 0.2) is 53.0 Å². The van der Waals surface area contributed by atoms with E-state index in [1.54, 1.807) is 29.3 Å². The second-order valence-electron chi connectivity index (χ2n) is 7.97. The average Bonchev–Trinajstić information content (AvgIpc) is 3.31. The highest BCUT2D eigenvalue weighted by atomic mass is 79.9. The quantitative estimate of drug-likeness (QED) is 0.654. The Labute approximate surface area is 177 Å². The number of halogens is 1. The summed E-state index contributed by atoms with van der Waals surface area (Å²) in [5.41, 5.74) is 1.63. The molecule has 2 aromatic rings. The van der Waals surface area contributed by atoms with E-state index in [2.05, 4.69) is 15.9 Å². The van der Waals surface area contributed by atoms with Crippen molar-refractivity contribution in [2.45, 2.75) is 37.8 Å². The number of nitrogens with zero attached hydrogens (tertiary/aromatic N) is 3. The summed E-state index contributed by atoms with van der Waals surface area (Å²) in [7, 11) is 0. The zero-order valence-corrected chi connectivity index (χ0v) is 17.6. The zero-order chi connectivity index (χ0) is 20.3. The fourth-order valence-corrected chi connectivity index (χ4v) is 5.10. The topological polar surface area (TPSA) is 60.9 Å². The molecule has 2 aromatic carbocycles. The summed E-state index contributed by atoms with van der Waals surface area (Å²) in [6.45, 7) is 2.60. The molecule has 3 heterocycles. The molecule has 7 heteroatoms. The lowest BCUT2D eigenvalue weighted by Crippen LogP contribution is -2.53. The van der Waals surface area contributed by atoms with Crippen molar-refractivity contribution in [1.82, 2.24) is 10.0 Å². The Morgan fingerprint density at radius 1 is 0.966 bits per heavy atom. The van der Waals surface area contributed by atoms with Crippen LogP contribution < -0.4 is 4.90 Å². The third-order valence-electron chi connectivity index (χ3n) is 6.19. The van der Waals surface area contributed by atoms with E-state index in [-0.39, 0.29) is 30.2 Å². The van der Waals surface area contributed by atoms with Crippen LogP contribution in [0.4, 0.5) is 5.69 Å². The fraction of sp³-hybridized carbons (Fsp3) is 0.318. The van der Waals surface area contributed by atoms with E-state index in [4.69, 9.17) is 0 Å². The number of imide groups is 1. The van der Waals surface area contributed by atoms with Gasteiger partial charge in [-0.05, 0) is 36.8 Å². The Morgan fingerprint density at radius 3 is 2.34 bits per heavy atom. The highest BCUT2D eigenvalue weighted by Crippen LogP contribution is 2.51. The van der Waals surface area contributed by atoms with Crippen molar-refractivity contribution >= 4 is 39.3 Å². The predicted octanol–water partition coefficient (Wildman–Crippen LogP) is 3.35. The van der Waals surface area contributed by atoms with E-state index < -0.39 is 5.54 Å². The van der Waals surface area contributed by atoms with E-state index in [0.29, 0.717) is 25.1 Å². The van der Waals surface area contributed by atoms with Crippen LogP contribution in [-0.4, -0.2) is 39.8 Å². The number of aryl methyl sites for hydroxylation is 1. The van der Waals surface area contributed by atoms with Gasteiger partial charge in [0, 0.05) is 23.9 Å². The summed E-state index contributed by atoms with van der Waals surface area (Å²) >= 11 is 3.38. The number of amides is 3. The van der Waals surface area contributed by atoms with Crippen molar-refractivity contribution in [2.75, 3.05) is 11.4 Å². The maximum absolute atomic E-state index is 13.6. The maximum atomic E-state index is 13.6. The van der Waals surface area contributed by atoms with Gasteiger partial charge in [0.25, 0.3) is 5.91 Å². The molecule has 0 saturated carbocycles. The molecule has 0 unspecified atom stereocenters. The first kappa shape index (κ1) is 18.5. The van der Waals surface area contributed by atoms with Gasteiger partial charge in [0.1, 0.15) is 5.54 Å². The van der Waals surface area contributed by atoms with Crippen LogP contribution in [0.25, 0.3) is 0 Å². The number of anilines is 1. The highest BCUT2D eigenvalue weighted by Gasteiger charge is 2.65. The third kappa shape index (κ3) is 2.68. The van der Waals surface area contributed by atoms with Gasteiger partial charge < -0.3 is 0 Å². The Bertz CT molecular complexity index is 1020. The minimum Gasteiger partial charge on any atom is -0.274 e. The van der Waals surface area contributed by atoms with E-state index >= 15 is 0 Å². The average molecular weight is 454 g/mol. The number of hydrogen-bond acceptors (Lipinski definition) is 4. The summed E-state index contributed by atoms with van der Waals surface area (Å²) < 4.78 is 0.872. The summed E-state index contributed by atoms with van der Waals surface area (Å²) in [6, 6.07) is 15.2. The molecule has 3 aliphatic heterocycles. The van der Waals surface area contributed by atoms with Crippen LogP contribution in [0.3, 0.4) is 0 Å². The Hall–Kier alpha value is -2.51. The number of hydrogen-bond donors (Lipinski definition) is 0. The van der Waals surface area contributed by atoms with Gasteiger partial charge in [-0.3, -0.25) is 19.4 Å². The molecule has 0 aliphatic carbocycles. The van der Waals surface area contributed by atoms with Crippen LogP contribution in [0, 0.1) is 6.92 Å². The van der Waals surface area contributed by atoms with Crippen molar-refractivity contribution in [3.05, 3.63) is 64.1 Å². The molecule has 3 saturated heterocycles. The first-order chi connectivity index (χ1) is 13.9. The van der Waals surface area contributed by atoms with Gasteiger partial charge in [-0.15, -0.1) is 0 Å². The number of carbonyl (C=O) groups is 3. The van der Waals surface area contributed by atoms with Gasteiger partial charge in [-0.1, -0.05) is 45.8 Å². The summed E-state index contributed by atoms with van der Waals surface area (Å²) in [5, 5.41) is 3.58. The smallest absolute Gasteiger partial charge is 0.261 e. The van der Waals surface area contributed by atoms with E-state index in [1.165, 1.54) is 4.90 Å². The molecule has 0 N–H and O–H groups in total. The molecule has 3 aliphatic rings. The second kappa shape index (κ2) is 6.50. The van der Waals surface area contributed by atoms with E-state index in [1.807, 2.05) is 36.2 Å². The third-order valence-corrected chi connectivity index (χ3v) is 6.71. The lowest BCUT2D eigenvalue weighted by Gasteiger charge is -2.32. The van der Waals surface area contributed by atoms with Crippen molar-refractivity contribution in [3.63, 3.8) is 0 Å². The Kier molecular flexibility index (Phi) is 4.15. The molecule has 2 atom stereocenters. The van der Waals surface area contributed by atoms with Gasteiger partial charge in [0.05, 0.1) is 18.2 Å². The summed E-state index contributed by atoms with van der Waals surface area (Å²) in [6.07, 6.45) is 0.815. The van der Waals surface area contributed by atoms with Crippen LogP contribution in [0.2, 0.25) is 0 Å². The van der Waals surface area contributed by atoms with Gasteiger partial charge in [0.15, 0.2) is 0 Å². The largest absolute Gasteiger partial charge is 0.274 e. The monoisotopic (exact) mass is 453 g/mol. The molecule has 3 fully saturated rings. The molecule has 3 amide bonds. The van der Waals surface area contributed by atoms with Crippen molar-refractivity contribution < 1.29 is 14.4 Å². The second-order valence-corrected chi connectivity index (χ2v) is 8.88. The SMILES string of the molecule is Cc1ccc([C@@H]2C[C@]3(CC(=O)N(c4ccc(Br)cc4)C3=O)N3C(=O)CCN23)cc1. The van der Waals surface area contributed by atoms with Crippen molar-refractivity contribution in [2.24, 2.45) is 0 Å². The maximum Gasteiger partial charge on any atom is 0.261 e. The lowest BCUT2D eigenvalue weighted by molar-refractivity contribution is -0.151. The minimum absolute atomic E-state index is 0.0203. The molecule has 6 nitrogen and oxygen atoms in total. The predicted molar refractivity (Wildman–Crippen MR) is 111 cm³/mol. The van der Waals surface area contributed by atoms with Gasteiger partial charge in [-0.25, -0.2) is 9.91 Å².